The second-order valence-electron chi connectivity index (χ2n) is 9.96. The molecule has 0 radical (unpaired) electrons. The summed E-state index contributed by atoms with van der Waals surface area (Å²) >= 11 is 0.510. The quantitative estimate of drug-likeness (QED) is 0.0798. The van der Waals surface area contributed by atoms with Crippen LogP contribution in [0.2, 0.25) is 0 Å². The number of hydrogen-bond acceptors (Lipinski definition) is 9. The smallest absolute Gasteiger partial charge is 0.416 e. The Labute approximate surface area is 268 Å². The molecule has 5 amide bonds. The van der Waals surface area contributed by atoms with Gasteiger partial charge in [-0.3, -0.25) is 33.8 Å². The molecule has 1 aliphatic rings. The van der Waals surface area contributed by atoms with Crippen molar-refractivity contribution in [1.82, 2.24) is 26.6 Å². The van der Waals surface area contributed by atoms with Crippen molar-refractivity contribution >= 4 is 59.2 Å². The minimum absolute atomic E-state index is 0.0540. The minimum Gasteiger partial charge on any atom is -0.481 e. The van der Waals surface area contributed by atoms with Crippen LogP contribution in [0, 0.1) is 0 Å². The fraction of sp³-hybridized carbons (Fsp3) is 0.462. The molecule has 1 fully saturated rings. The van der Waals surface area contributed by atoms with E-state index in [1.165, 1.54) is 6.07 Å². The van der Waals surface area contributed by atoms with Gasteiger partial charge < -0.3 is 48.3 Å². The number of carbonyl (C=O) groups excluding carboxylic acids is 5. The average molecular weight is 691 g/mol. The molecule has 0 aliphatic carbocycles. The third kappa shape index (κ3) is 13.0. The van der Waals surface area contributed by atoms with E-state index < -0.39 is 102 Å². The maximum atomic E-state index is 13.4. The van der Waals surface area contributed by atoms with E-state index in [0.29, 0.717) is 17.8 Å². The highest BCUT2D eigenvalue weighted by Crippen LogP contribution is 2.35. The van der Waals surface area contributed by atoms with Crippen molar-refractivity contribution in [3.63, 3.8) is 0 Å². The summed E-state index contributed by atoms with van der Waals surface area (Å²) in [6.45, 7) is -1.49. The monoisotopic (exact) mass is 690 g/mol. The van der Waals surface area contributed by atoms with Crippen molar-refractivity contribution < 1.29 is 56.9 Å². The summed E-state index contributed by atoms with van der Waals surface area (Å²) in [4.78, 5) is 91.4. The van der Waals surface area contributed by atoms with Gasteiger partial charge in [-0.25, -0.2) is 4.79 Å². The van der Waals surface area contributed by atoms with E-state index in [4.69, 9.17) is 11.5 Å². The first-order valence-electron chi connectivity index (χ1n) is 13.7. The molecule has 1 aromatic rings. The standard InChI is InChI=1S/C26H33F3N8O9S/c27-26(28,29)13-4-1-3-12(7-13)20-23(44)34-10-17(38)35-14(5-2-6-32-25(30)31)21(42)33-9-18(39)36-15(8-19(40)41)22(43)37-16(11-47-20)24(45)46/h1,3-4,7,14-16,20H,2,5-6,8-11H2,(H,33,42)(H,34,44)(H,35,38)(H,36,39)(H,37,43)(H,40,41)(H,45,46)(H4,30,31,32)/t14-,15-,16-,20?/m0/s1. The van der Waals surface area contributed by atoms with Crippen LogP contribution in [0.15, 0.2) is 29.3 Å². The number of benzene rings is 1. The third-order valence-corrected chi connectivity index (χ3v) is 7.62. The second kappa shape index (κ2) is 17.6. The first-order valence-corrected chi connectivity index (χ1v) is 14.8. The molecule has 0 saturated carbocycles. The summed E-state index contributed by atoms with van der Waals surface area (Å²) in [5.74, 6) is -9.15. The summed E-state index contributed by atoms with van der Waals surface area (Å²) in [7, 11) is 0. The highest BCUT2D eigenvalue weighted by molar-refractivity contribution is 8.00. The van der Waals surface area contributed by atoms with E-state index >= 15 is 0 Å². The van der Waals surface area contributed by atoms with E-state index in [1.807, 2.05) is 5.32 Å². The Hall–Kier alpha value is -5.08. The second-order valence-corrected chi connectivity index (χ2v) is 11.1. The first-order chi connectivity index (χ1) is 22.0. The Kier molecular flexibility index (Phi) is 14.2. The van der Waals surface area contributed by atoms with Gasteiger partial charge in [0.15, 0.2) is 5.96 Å². The van der Waals surface area contributed by atoms with Crippen molar-refractivity contribution in [2.75, 3.05) is 25.4 Å². The van der Waals surface area contributed by atoms with Crippen LogP contribution in [-0.4, -0.2) is 101 Å². The van der Waals surface area contributed by atoms with E-state index in [-0.39, 0.29) is 30.9 Å². The van der Waals surface area contributed by atoms with Crippen molar-refractivity contribution in [2.24, 2.45) is 16.5 Å². The van der Waals surface area contributed by atoms with Crippen molar-refractivity contribution in [2.45, 2.75) is 48.8 Å². The lowest BCUT2D eigenvalue weighted by Crippen LogP contribution is -2.55. The molecular formula is C26H33F3N8O9S. The van der Waals surface area contributed by atoms with Gasteiger partial charge in [-0.05, 0) is 24.5 Å². The number of halogens is 3. The van der Waals surface area contributed by atoms with Gasteiger partial charge >= 0.3 is 18.1 Å². The number of nitrogens with two attached hydrogens (primary N) is 2. The fourth-order valence-corrected chi connectivity index (χ4v) is 5.22. The molecule has 4 atom stereocenters. The Morgan fingerprint density at radius 1 is 0.915 bits per heavy atom. The van der Waals surface area contributed by atoms with Gasteiger partial charge in [-0.1, -0.05) is 18.2 Å². The van der Waals surface area contributed by atoms with Gasteiger partial charge in [0.05, 0.1) is 25.1 Å². The Morgan fingerprint density at radius 3 is 2.11 bits per heavy atom. The molecule has 258 valence electrons. The highest BCUT2D eigenvalue weighted by Gasteiger charge is 2.34. The number of alkyl halides is 3. The van der Waals surface area contributed by atoms with Crippen LogP contribution in [-0.2, 0) is 39.7 Å². The number of aliphatic imine (C=N–C) groups is 1. The predicted octanol–water partition coefficient (Wildman–Crippen LogP) is -2.21. The fourth-order valence-electron chi connectivity index (χ4n) is 4.04. The number of nitrogens with one attached hydrogen (secondary N) is 5. The van der Waals surface area contributed by atoms with Crippen molar-refractivity contribution in [1.29, 1.82) is 0 Å². The summed E-state index contributed by atoms with van der Waals surface area (Å²) < 4.78 is 40.3. The molecule has 1 heterocycles. The SMILES string of the molecule is NC(N)=NCCC[C@@H]1NC(=O)CNC(=O)C(c2cccc(C(F)(F)F)c2)SC[C@@H](C(=O)O)NC(=O)[C@H](CC(=O)O)NC(=O)CNC1=O. The molecule has 11 N–H and O–H groups in total. The topological polar surface area (TPSA) is 284 Å². The number of guanidine groups is 1. The Balaban J connectivity index is 2.47. The molecule has 2 rings (SSSR count). The van der Waals surface area contributed by atoms with Crippen LogP contribution in [0.25, 0.3) is 0 Å². The van der Waals surface area contributed by atoms with Crippen LogP contribution < -0.4 is 38.1 Å². The zero-order chi connectivity index (χ0) is 35.3. The van der Waals surface area contributed by atoms with E-state index in [2.05, 4.69) is 26.3 Å². The number of amides is 5. The maximum Gasteiger partial charge on any atom is 0.416 e. The summed E-state index contributed by atoms with van der Waals surface area (Å²) in [6.07, 6.45) is -5.70. The van der Waals surface area contributed by atoms with Gasteiger partial charge in [0, 0.05) is 12.3 Å². The van der Waals surface area contributed by atoms with Crippen LogP contribution in [0.3, 0.4) is 0 Å². The molecule has 0 aromatic heterocycles. The summed E-state index contributed by atoms with van der Waals surface area (Å²) in [6, 6.07) is -1.34. The number of carboxylic acid groups (broad SMARTS) is 2. The zero-order valence-electron chi connectivity index (χ0n) is 24.5. The number of aliphatic carboxylic acids is 2. The molecule has 1 saturated heterocycles. The molecule has 1 unspecified atom stereocenters. The number of nitrogens with zero attached hydrogens (tertiary/aromatic N) is 1. The highest BCUT2D eigenvalue weighted by atomic mass is 32.2. The lowest BCUT2D eigenvalue weighted by atomic mass is 10.1. The minimum atomic E-state index is -4.80. The van der Waals surface area contributed by atoms with E-state index in [9.17, 15) is 56.9 Å². The lowest BCUT2D eigenvalue weighted by molar-refractivity contribution is -0.143. The summed E-state index contributed by atoms with van der Waals surface area (Å²) in [5.41, 5.74) is 9.21. The molecule has 0 spiro atoms. The summed E-state index contributed by atoms with van der Waals surface area (Å²) in [5, 5.41) is 28.3. The number of rotatable bonds is 8. The number of hydrogen-bond donors (Lipinski definition) is 9. The van der Waals surface area contributed by atoms with Crippen LogP contribution >= 0.6 is 11.8 Å². The molecular weight excluding hydrogens is 657 g/mol. The molecule has 0 bridgehead atoms. The van der Waals surface area contributed by atoms with Crippen LogP contribution in [0.4, 0.5) is 13.2 Å². The van der Waals surface area contributed by atoms with Gasteiger partial charge in [0.1, 0.15) is 23.4 Å². The maximum absolute atomic E-state index is 13.4. The Morgan fingerprint density at radius 2 is 1.53 bits per heavy atom. The molecule has 17 nitrogen and oxygen atoms in total. The molecule has 21 heteroatoms. The van der Waals surface area contributed by atoms with Crippen molar-refractivity contribution in [3.8, 4) is 0 Å². The van der Waals surface area contributed by atoms with Crippen molar-refractivity contribution in [3.05, 3.63) is 35.4 Å². The normalized spacial score (nSPS) is 22.2. The Bertz CT molecular complexity index is 1390. The number of carbonyl (C=O) groups is 7. The first kappa shape index (κ1) is 38.1. The molecule has 1 aliphatic heterocycles. The number of thioether (sulfide) groups is 1. The average Bonchev–Trinajstić information content (AvgIpc) is 2.98. The molecule has 47 heavy (non-hydrogen) atoms. The largest absolute Gasteiger partial charge is 0.481 e. The predicted molar refractivity (Wildman–Crippen MR) is 158 cm³/mol. The van der Waals surface area contributed by atoms with Gasteiger partial charge in [-0.2, -0.15) is 13.2 Å². The van der Waals surface area contributed by atoms with Crippen LogP contribution in [0.5, 0.6) is 0 Å². The van der Waals surface area contributed by atoms with E-state index in [0.717, 1.165) is 12.1 Å². The number of carboxylic acids is 2. The van der Waals surface area contributed by atoms with E-state index in [1.54, 1.807) is 0 Å². The lowest BCUT2D eigenvalue weighted by Gasteiger charge is -2.24. The molecule has 1 aromatic carbocycles. The van der Waals surface area contributed by atoms with Crippen LogP contribution in [0.1, 0.15) is 35.6 Å². The van der Waals surface area contributed by atoms with Gasteiger partial charge in [0.25, 0.3) is 0 Å². The van der Waals surface area contributed by atoms with Gasteiger partial charge in [-0.15, -0.1) is 11.8 Å². The zero-order valence-corrected chi connectivity index (χ0v) is 25.3. The van der Waals surface area contributed by atoms with Gasteiger partial charge in [0.2, 0.25) is 29.5 Å². The third-order valence-electron chi connectivity index (χ3n) is 6.27.